The van der Waals surface area contributed by atoms with Crippen molar-refractivity contribution in [2.75, 3.05) is 39.1 Å². The quantitative estimate of drug-likeness (QED) is 0.0863. The fourth-order valence-electron chi connectivity index (χ4n) is 5.16. The number of unbranched alkanes of at least 4 members (excludes halogenated alkanes) is 2. The van der Waals surface area contributed by atoms with Crippen LogP contribution in [0.15, 0.2) is 77.9 Å². The van der Waals surface area contributed by atoms with E-state index < -0.39 is 0 Å². The Bertz CT molecular complexity index is 1110. The van der Waals surface area contributed by atoms with Gasteiger partial charge in [0.15, 0.2) is 0 Å². The lowest BCUT2D eigenvalue weighted by molar-refractivity contribution is 0.206. The average Bonchev–Trinajstić information content (AvgIpc) is 2.94. The van der Waals surface area contributed by atoms with E-state index in [2.05, 4.69) is 143 Å². The van der Waals surface area contributed by atoms with Gasteiger partial charge in [-0.1, -0.05) is 85.6 Å². The molecule has 0 saturated carbocycles. The van der Waals surface area contributed by atoms with Gasteiger partial charge in [0.05, 0.1) is 31.5 Å². The number of anilines is 1. The molecule has 3 aromatic rings. The zero-order valence-electron chi connectivity index (χ0n) is 25.3. The van der Waals surface area contributed by atoms with Crippen molar-refractivity contribution in [2.45, 2.75) is 65.5 Å². The molecule has 4 heteroatoms. The van der Waals surface area contributed by atoms with Gasteiger partial charge in [-0.05, 0) is 55.8 Å². The lowest BCUT2D eigenvalue weighted by Crippen LogP contribution is -2.28. The van der Waals surface area contributed by atoms with Gasteiger partial charge < -0.3 is 4.90 Å². The van der Waals surface area contributed by atoms with Gasteiger partial charge in [0, 0.05) is 45.7 Å². The topological polar surface area (TPSA) is 22.1 Å². The highest BCUT2D eigenvalue weighted by atomic mass is 15.4. The van der Waals surface area contributed by atoms with Crippen molar-refractivity contribution in [3.05, 3.63) is 107 Å². The maximum Gasteiger partial charge on any atom is 0.0899 e. The van der Waals surface area contributed by atoms with Gasteiger partial charge in [0.25, 0.3) is 0 Å². The highest BCUT2D eigenvalue weighted by molar-refractivity contribution is 5.80. The van der Waals surface area contributed by atoms with Crippen LogP contribution in [0.3, 0.4) is 0 Å². The summed E-state index contributed by atoms with van der Waals surface area (Å²) in [5, 5.41) is 6.99. The molecular weight excluding hydrogens is 476 g/mol. The van der Waals surface area contributed by atoms with E-state index in [1.165, 1.54) is 27.9 Å². The summed E-state index contributed by atoms with van der Waals surface area (Å²) in [4.78, 5) is 4.70. The number of benzene rings is 3. The molecule has 2 unspecified atom stereocenters. The second-order valence-electron chi connectivity index (χ2n) is 10.8. The molecule has 3 aromatic carbocycles. The molecule has 208 valence electrons. The van der Waals surface area contributed by atoms with Gasteiger partial charge in [-0.15, -0.1) is 0 Å². The first-order valence-corrected chi connectivity index (χ1v) is 14.5. The molecule has 0 bridgehead atoms. The number of hydrogen-bond donors (Lipinski definition) is 0. The van der Waals surface area contributed by atoms with E-state index in [0.717, 1.165) is 44.3 Å². The molecule has 0 aliphatic heterocycles. The van der Waals surface area contributed by atoms with Crippen LogP contribution in [-0.2, 0) is 0 Å². The third-order valence-corrected chi connectivity index (χ3v) is 7.72. The van der Waals surface area contributed by atoms with Gasteiger partial charge in [-0.2, -0.15) is 5.10 Å². The van der Waals surface area contributed by atoms with Crippen LogP contribution >= 0.6 is 0 Å². The smallest absolute Gasteiger partial charge is 0.0899 e. The molecule has 0 aliphatic rings. The van der Waals surface area contributed by atoms with E-state index in [4.69, 9.17) is 5.10 Å². The van der Waals surface area contributed by atoms with E-state index >= 15 is 0 Å². The van der Waals surface area contributed by atoms with Crippen LogP contribution in [0.25, 0.3) is 0 Å². The first-order chi connectivity index (χ1) is 18.8. The molecule has 0 radical (unpaired) electrons. The van der Waals surface area contributed by atoms with Crippen LogP contribution in [0.2, 0.25) is 0 Å². The Morgan fingerprint density at radius 1 is 0.692 bits per heavy atom. The van der Waals surface area contributed by atoms with Gasteiger partial charge in [-0.3, -0.25) is 9.91 Å². The van der Waals surface area contributed by atoms with Gasteiger partial charge in [-0.25, -0.2) is 0 Å². The minimum absolute atomic E-state index is 0.231. The van der Waals surface area contributed by atoms with E-state index in [-0.39, 0.29) is 6.04 Å². The fourth-order valence-corrected chi connectivity index (χ4v) is 5.16. The van der Waals surface area contributed by atoms with Crippen molar-refractivity contribution in [1.82, 2.24) is 9.91 Å². The summed E-state index contributed by atoms with van der Waals surface area (Å²) < 4.78 is 0. The molecular formula is C35H49N4+. The molecule has 0 heterocycles. The van der Waals surface area contributed by atoms with Crippen molar-refractivity contribution in [1.29, 1.82) is 0 Å². The third kappa shape index (κ3) is 9.18. The summed E-state index contributed by atoms with van der Waals surface area (Å²) >= 11 is 0. The van der Waals surface area contributed by atoms with Crippen molar-refractivity contribution >= 4 is 11.9 Å². The lowest BCUT2D eigenvalue weighted by Gasteiger charge is -2.29. The molecule has 0 spiro atoms. The Kier molecular flexibility index (Phi) is 11.9. The van der Waals surface area contributed by atoms with E-state index in [9.17, 15) is 0 Å². The number of hydrogen-bond acceptors (Lipinski definition) is 4. The average molecular weight is 526 g/mol. The van der Waals surface area contributed by atoms with E-state index in [0.29, 0.717) is 6.04 Å². The molecule has 0 fully saturated rings. The predicted molar refractivity (Wildman–Crippen MR) is 170 cm³/mol. The standard InChI is InChI=1S/C35H49N4/c1-8-39(9-2)35(32-23-17-29(4)18-24-32)14-12-10-11-13-34(31-21-15-28(3)16-22-31)38(7)36-27-30-19-25-33(26-20-30)37(5)6/h10,15-27,34-35H,8-9,11-14H2,1-7H3/q+1. The number of aryl methyl sites for hydroxylation is 2. The Labute approximate surface area is 238 Å². The molecule has 0 aromatic heterocycles. The summed E-state index contributed by atoms with van der Waals surface area (Å²) in [5.74, 6) is 0. The summed E-state index contributed by atoms with van der Waals surface area (Å²) in [6.07, 6.45) is 8.83. The third-order valence-electron chi connectivity index (χ3n) is 7.72. The van der Waals surface area contributed by atoms with Gasteiger partial charge in [0.1, 0.15) is 0 Å². The van der Waals surface area contributed by atoms with Crippen molar-refractivity contribution in [3.63, 3.8) is 0 Å². The summed E-state index contributed by atoms with van der Waals surface area (Å²) in [6, 6.07) is 27.3. The molecule has 0 N–H and O–H groups in total. The van der Waals surface area contributed by atoms with E-state index in [1.807, 2.05) is 6.21 Å². The lowest BCUT2D eigenvalue weighted by atomic mass is 9.95. The van der Waals surface area contributed by atoms with E-state index in [1.54, 1.807) is 0 Å². The van der Waals surface area contributed by atoms with Crippen LogP contribution < -0.4 is 4.90 Å². The molecule has 2 atom stereocenters. The predicted octanol–water partition coefficient (Wildman–Crippen LogP) is 8.22. The van der Waals surface area contributed by atoms with Crippen molar-refractivity contribution in [2.24, 2.45) is 5.10 Å². The second kappa shape index (κ2) is 15.4. The number of nitrogens with zero attached hydrogens (tertiary/aromatic N) is 4. The molecule has 0 amide bonds. The first-order valence-electron chi connectivity index (χ1n) is 14.5. The second-order valence-corrected chi connectivity index (χ2v) is 10.8. The summed E-state index contributed by atoms with van der Waals surface area (Å²) in [7, 11) is 6.22. The Hall–Kier alpha value is -3.24. The monoisotopic (exact) mass is 525 g/mol. The molecule has 4 nitrogen and oxygen atoms in total. The van der Waals surface area contributed by atoms with Crippen LogP contribution in [0.5, 0.6) is 0 Å². The summed E-state index contributed by atoms with van der Waals surface area (Å²) in [6.45, 7) is 11.0. The zero-order valence-corrected chi connectivity index (χ0v) is 25.3. The normalized spacial score (nSPS) is 13.0. The maximum absolute atomic E-state index is 4.86. The fraction of sp³-hybridized carbons (Fsp3) is 0.429. The zero-order chi connectivity index (χ0) is 28.2. The Morgan fingerprint density at radius 2 is 1.18 bits per heavy atom. The molecule has 0 aliphatic carbocycles. The highest BCUT2D eigenvalue weighted by Crippen LogP contribution is 2.29. The van der Waals surface area contributed by atoms with Crippen molar-refractivity contribution < 1.29 is 0 Å². The van der Waals surface area contributed by atoms with Crippen LogP contribution in [-0.4, -0.2) is 50.4 Å². The summed E-state index contributed by atoms with van der Waals surface area (Å²) in [5.41, 5.74) is 7.66. The SMILES string of the molecule is CCN(CC)C(CC[CH+]CCC(c1ccc(C)cc1)N(C)N=Cc1ccc(N(C)C)cc1)c1ccc(C)cc1. The number of hydrazone groups is 1. The first kappa shape index (κ1) is 30.3. The Morgan fingerprint density at radius 3 is 1.67 bits per heavy atom. The van der Waals surface area contributed by atoms with Crippen molar-refractivity contribution in [3.8, 4) is 0 Å². The molecule has 39 heavy (non-hydrogen) atoms. The highest BCUT2D eigenvalue weighted by Gasteiger charge is 2.21. The van der Waals surface area contributed by atoms with Crippen LogP contribution in [0, 0.1) is 20.3 Å². The largest absolute Gasteiger partial charge is 0.378 e. The van der Waals surface area contributed by atoms with Crippen LogP contribution in [0.1, 0.15) is 79.4 Å². The molecule has 0 saturated heterocycles. The number of rotatable bonds is 15. The van der Waals surface area contributed by atoms with Gasteiger partial charge >= 0.3 is 0 Å². The Balaban J connectivity index is 1.63. The molecule has 3 rings (SSSR count). The maximum atomic E-state index is 4.86. The minimum Gasteiger partial charge on any atom is -0.378 e. The van der Waals surface area contributed by atoms with Crippen LogP contribution in [0.4, 0.5) is 5.69 Å². The van der Waals surface area contributed by atoms with Gasteiger partial charge in [0.2, 0.25) is 0 Å². The minimum atomic E-state index is 0.231.